The molecule has 5 nitrogen and oxygen atoms in total. The fourth-order valence-electron chi connectivity index (χ4n) is 3.43. The van der Waals surface area contributed by atoms with Crippen molar-refractivity contribution in [2.75, 3.05) is 5.73 Å². The molecule has 4 N–H and O–H groups in total. The van der Waals surface area contributed by atoms with Crippen LogP contribution in [-0.2, 0) is 15.5 Å². The molecule has 0 amide bonds. The first-order chi connectivity index (χ1) is 15.6. The molecule has 32 heavy (non-hydrogen) atoms. The molecule has 6 rings (SSSR count). The predicted molar refractivity (Wildman–Crippen MR) is 129 cm³/mol. The first kappa shape index (κ1) is 20.0. The van der Waals surface area contributed by atoms with Crippen molar-refractivity contribution >= 4 is 56.6 Å². The van der Waals surface area contributed by atoms with Gasteiger partial charge < -0.3 is 9.97 Å². The summed E-state index contributed by atoms with van der Waals surface area (Å²) in [6.07, 6.45) is 8.09. The summed E-state index contributed by atoms with van der Waals surface area (Å²) < 4.78 is 0.838. The van der Waals surface area contributed by atoms with Gasteiger partial charge in [0.1, 0.15) is 0 Å². The van der Waals surface area contributed by atoms with Crippen molar-refractivity contribution in [3.05, 3.63) is 95.6 Å². The van der Waals surface area contributed by atoms with Crippen LogP contribution in [0.5, 0.6) is 0 Å². The number of hydrogen-bond acceptors (Lipinski definition) is 3. The molecule has 8 bridgehead atoms. The third kappa shape index (κ3) is 4.88. The second kappa shape index (κ2) is 8.69. The first-order valence-corrected chi connectivity index (χ1v) is 10.6. The molecular formula is C26H20N5Ni. The van der Waals surface area contributed by atoms with E-state index in [1.54, 1.807) is 6.07 Å². The van der Waals surface area contributed by atoms with E-state index >= 15 is 0 Å². The van der Waals surface area contributed by atoms with Gasteiger partial charge in [0.05, 0.1) is 22.8 Å². The molecule has 0 aliphatic carbocycles. The van der Waals surface area contributed by atoms with Crippen LogP contribution in [0.3, 0.4) is 0 Å². The molecule has 0 saturated heterocycles. The molecule has 2 aliphatic rings. The summed E-state index contributed by atoms with van der Waals surface area (Å²) in [5.41, 5.74) is 14.0. The van der Waals surface area contributed by atoms with Gasteiger partial charge in [0.2, 0.25) is 0 Å². The Labute approximate surface area is 193 Å². The van der Waals surface area contributed by atoms with E-state index in [-0.39, 0.29) is 0 Å². The Morgan fingerprint density at radius 1 is 0.562 bits per heavy atom. The van der Waals surface area contributed by atoms with Crippen molar-refractivity contribution in [3.8, 4) is 0 Å². The minimum absolute atomic E-state index is 0.744. The number of H-pyrrole nitrogens is 2. The van der Waals surface area contributed by atoms with Crippen molar-refractivity contribution in [2.24, 2.45) is 0 Å². The van der Waals surface area contributed by atoms with Crippen molar-refractivity contribution < 1.29 is 15.5 Å². The summed E-state index contributed by atoms with van der Waals surface area (Å²) in [7, 11) is 0. The molecule has 0 spiro atoms. The van der Waals surface area contributed by atoms with E-state index in [4.69, 9.17) is 5.73 Å². The zero-order chi connectivity index (χ0) is 21.9. The van der Waals surface area contributed by atoms with Crippen LogP contribution in [0, 0.1) is 0 Å². The van der Waals surface area contributed by atoms with Crippen molar-refractivity contribution in [2.45, 2.75) is 0 Å². The molecule has 6 heteroatoms. The van der Waals surface area contributed by atoms with Gasteiger partial charge in [-0.25, -0.2) is 9.97 Å². The number of fused-ring (bicyclic) bond motifs is 8. The van der Waals surface area contributed by atoms with Crippen LogP contribution >= 0.6 is 0 Å². The molecule has 0 radical (unpaired) electrons. The fourth-order valence-corrected chi connectivity index (χ4v) is 3.69. The van der Waals surface area contributed by atoms with Gasteiger partial charge in [-0.3, -0.25) is 0 Å². The van der Waals surface area contributed by atoms with Gasteiger partial charge in [-0.1, -0.05) is 0 Å². The summed E-state index contributed by atoms with van der Waals surface area (Å²) in [6, 6.07) is 23.7. The van der Waals surface area contributed by atoms with E-state index < -0.39 is 0 Å². The summed E-state index contributed by atoms with van der Waals surface area (Å²) in [6.45, 7) is 0. The number of nitrogens with zero attached hydrogens (tertiary/aromatic N) is 2. The van der Waals surface area contributed by atoms with Gasteiger partial charge in [-0.15, -0.1) is 0 Å². The summed E-state index contributed by atoms with van der Waals surface area (Å²) in [5.74, 6) is 0. The van der Waals surface area contributed by atoms with E-state index in [1.165, 1.54) is 0 Å². The number of hydrogen-bond donors (Lipinski definition) is 3. The zero-order valence-corrected chi connectivity index (χ0v) is 18.0. The van der Waals surface area contributed by atoms with Crippen LogP contribution in [0.4, 0.5) is 5.69 Å². The Morgan fingerprint density at radius 2 is 0.969 bits per heavy atom. The van der Waals surface area contributed by atoms with Gasteiger partial charge in [0.25, 0.3) is 0 Å². The van der Waals surface area contributed by atoms with E-state index in [1.807, 2.05) is 66.8 Å². The molecule has 159 valence electrons. The summed E-state index contributed by atoms with van der Waals surface area (Å²) in [4.78, 5) is 16.0. The number of rotatable bonds is 0. The number of nitrogen functional groups attached to an aromatic ring is 1. The number of aromatic nitrogens is 4. The second-order valence-electron chi connectivity index (χ2n) is 7.42. The topological polar surface area (TPSA) is 83.4 Å². The van der Waals surface area contributed by atoms with E-state index in [0.717, 1.165) is 55.1 Å². The predicted octanol–water partition coefficient (Wildman–Crippen LogP) is 5.10. The summed E-state index contributed by atoms with van der Waals surface area (Å²) >= 11 is 4.54. The van der Waals surface area contributed by atoms with Gasteiger partial charge >= 0.3 is 55.7 Å². The van der Waals surface area contributed by atoms with Gasteiger partial charge in [0.15, 0.2) is 0 Å². The average molecular weight is 461 g/mol. The Hall–Kier alpha value is -3.89. The minimum atomic E-state index is 0.744. The normalized spacial score (nSPS) is 11.8. The van der Waals surface area contributed by atoms with E-state index in [0.29, 0.717) is 0 Å². The molecule has 2 aliphatic heterocycles. The third-order valence-corrected chi connectivity index (χ3v) is 5.18. The molecule has 3 aromatic heterocycles. The molecule has 0 fully saturated rings. The quantitative estimate of drug-likeness (QED) is 0.218. The fraction of sp³-hybridized carbons (Fsp3) is 0. The van der Waals surface area contributed by atoms with Crippen molar-refractivity contribution in [1.82, 2.24) is 19.9 Å². The second-order valence-corrected chi connectivity index (χ2v) is 7.99. The number of anilines is 1. The van der Waals surface area contributed by atoms with Crippen LogP contribution < -0.4 is 10.3 Å². The molecule has 5 heterocycles. The molecule has 4 aromatic rings. The van der Waals surface area contributed by atoms with Crippen LogP contribution in [0.15, 0.2) is 72.8 Å². The Kier molecular flexibility index (Phi) is 5.45. The molecule has 0 saturated carbocycles. The van der Waals surface area contributed by atoms with E-state index in [2.05, 4.69) is 59.7 Å². The Bertz CT molecular complexity index is 1320. The van der Waals surface area contributed by atoms with Crippen LogP contribution in [-0.4, -0.2) is 19.9 Å². The maximum absolute atomic E-state index is 5.40. The summed E-state index contributed by atoms with van der Waals surface area (Å²) in [5, 5.41) is 0. The number of benzene rings is 1. The third-order valence-electron chi connectivity index (χ3n) is 4.87. The number of aromatic amines is 2. The first-order valence-electron chi connectivity index (χ1n) is 10.1. The van der Waals surface area contributed by atoms with Crippen LogP contribution in [0.25, 0.3) is 46.4 Å². The number of nitrogens with two attached hydrogens (primary N) is 1. The van der Waals surface area contributed by atoms with Gasteiger partial charge in [-0.05, 0) is 72.8 Å². The van der Waals surface area contributed by atoms with Crippen LogP contribution in [0.2, 0.25) is 0 Å². The maximum atomic E-state index is 5.40. The average Bonchev–Trinajstić information content (AvgIpc) is 3.54. The van der Waals surface area contributed by atoms with Crippen molar-refractivity contribution in [3.63, 3.8) is 0 Å². The van der Waals surface area contributed by atoms with Gasteiger partial charge in [-0.2, -0.15) is 0 Å². The SMILES string of the molecule is C1=Cc2cc3ccc(cc4nc(cc5ccc(cc1n2)[nH]5)C=C4)[nH]3.Nc1ccc[c]([Ni])c1. The molecular weight excluding hydrogens is 441 g/mol. The Morgan fingerprint density at radius 3 is 1.28 bits per heavy atom. The number of nitrogens with one attached hydrogen (secondary N) is 2. The molecule has 1 aromatic carbocycles. The van der Waals surface area contributed by atoms with Gasteiger partial charge in [0, 0.05) is 22.1 Å². The van der Waals surface area contributed by atoms with Crippen molar-refractivity contribution in [1.29, 1.82) is 0 Å². The zero-order valence-electron chi connectivity index (χ0n) is 17.0. The Balaban J connectivity index is 0.000000230. The molecule has 0 unspecified atom stereocenters. The standard InChI is InChI=1S/C20H14N4.C6H6N.Ni/c1-2-14-10-16-5-6-18(23-16)12-20-8-7-19(24-20)11-17-4-3-15(22-17)9-13(1)21-14;7-6-4-2-1-3-5-6;/h1-12,21,24H;1-2,4-5H,7H2;. The van der Waals surface area contributed by atoms with E-state index in [9.17, 15) is 0 Å². The van der Waals surface area contributed by atoms with Crippen LogP contribution in [0.1, 0.15) is 22.8 Å². The molecule has 0 atom stereocenters. The monoisotopic (exact) mass is 460 g/mol.